The minimum absolute atomic E-state index is 0.0674. The van der Waals surface area contributed by atoms with E-state index in [0.29, 0.717) is 14.6 Å². The largest absolute Gasteiger partial charge is 0.358 e. The number of allylic oxidation sites excluding steroid dienone is 1. The molecule has 0 spiro atoms. The van der Waals surface area contributed by atoms with Crippen LogP contribution in [0.25, 0.3) is 5.57 Å². The van der Waals surface area contributed by atoms with Gasteiger partial charge in [-0.25, -0.2) is 4.39 Å². The summed E-state index contributed by atoms with van der Waals surface area (Å²) < 4.78 is 14.2. The first-order chi connectivity index (χ1) is 9.54. The topological polar surface area (TPSA) is 90.3 Å². The lowest BCUT2D eigenvalue weighted by atomic mass is 10.3. The summed E-state index contributed by atoms with van der Waals surface area (Å²) in [6.45, 7) is 0. The molecule has 0 atom stereocenters. The van der Waals surface area contributed by atoms with Gasteiger partial charge in [0.1, 0.15) is 17.5 Å². The van der Waals surface area contributed by atoms with Gasteiger partial charge in [-0.15, -0.1) is 10.2 Å². The standard InChI is InChI=1S/C10H4Br2ClFN6/c11-5-1-6(14)8(13)7(12)9(5)16-3-4(2-15)10-17-19-20-18-10/h1,3,16H,(H,17,18,19,20). The fraction of sp³-hybridized carbons (Fsp3) is 0. The Hall–Kier alpha value is -1.50. The van der Waals surface area contributed by atoms with Crippen molar-refractivity contribution in [2.24, 2.45) is 0 Å². The number of aromatic nitrogens is 4. The van der Waals surface area contributed by atoms with Gasteiger partial charge in [-0.1, -0.05) is 11.6 Å². The van der Waals surface area contributed by atoms with Crippen LogP contribution in [0.5, 0.6) is 0 Å². The summed E-state index contributed by atoms with van der Waals surface area (Å²) in [7, 11) is 0. The number of hydrogen-bond acceptors (Lipinski definition) is 5. The molecule has 102 valence electrons. The van der Waals surface area contributed by atoms with Crippen molar-refractivity contribution in [3.05, 3.63) is 37.9 Å². The van der Waals surface area contributed by atoms with Crippen molar-refractivity contribution in [3.63, 3.8) is 0 Å². The van der Waals surface area contributed by atoms with Crippen molar-refractivity contribution >= 4 is 54.7 Å². The third kappa shape index (κ3) is 2.98. The minimum Gasteiger partial charge on any atom is -0.358 e. The van der Waals surface area contributed by atoms with Gasteiger partial charge in [0, 0.05) is 10.7 Å². The fourth-order valence-electron chi connectivity index (χ4n) is 1.27. The zero-order chi connectivity index (χ0) is 14.7. The lowest BCUT2D eigenvalue weighted by Gasteiger charge is -2.09. The summed E-state index contributed by atoms with van der Waals surface area (Å²) in [6.07, 6.45) is 1.37. The highest BCUT2D eigenvalue weighted by Crippen LogP contribution is 2.38. The van der Waals surface area contributed by atoms with Crippen LogP contribution in [0.2, 0.25) is 5.02 Å². The molecule has 0 radical (unpaired) electrons. The molecular weight excluding hydrogens is 418 g/mol. The summed E-state index contributed by atoms with van der Waals surface area (Å²) in [5.74, 6) is -0.431. The first-order valence-electron chi connectivity index (χ1n) is 4.98. The summed E-state index contributed by atoms with van der Waals surface area (Å²) in [6, 6.07) is 3.13. The zero-order valence-corrected chi connectivity index (χ0v) is 13.4. The van der Waals surface area contributed by atoms with Crippen LogP contribution < -0.4 is 5.32 Å². The molecule has 0 aliphatic heterocycles. The van der Waals surface area contributed by atoms with Crippen molar-refractivity contribution in [1.82, 2.24) is 20.6 Å². The molecule has 2 rings (SSSR count). The number of nitrogens with zero attached hydrogens (tertiary/aromatic N) is 4. The predicted octanol–water partition coefficient (Wildman–Crippen LogP) is 3.49. The van der Waals surface area contributed by atoms with Crippen LogP contribution in [0, 0.1) is 17.1 Å². The molecule has 1 aromatic carbocycles. The van der Waals surface area contributed by atoms with Crippen LogP contribution >= 0.6 is 43.5 Å². The van der Waals surface area contributed by atoms with Gasteiger partial charge in [-0.3, -0.25) is 0 Å². The number of rotatable bonds is 3. The van der Waals surface area contributed by atoms with E-state index in [4.69, 9.17) is 16.9 Å². The maximum atomic E-state index is 13.4. The second-order valence-corrected chi connectivity index (χ2v) is 5.42. The van der Waals surface area contributed by atoms with Gasteiger partial charge in [-0.2, -0.15) is 10.5 Å². The number of tetrazole rings is 1. The first kappa shape index (κ1) is 14.9. The van der Waals surface area contributed by atoms with Gasteiger partial charge in [0.05, 0.1) is 15.2 Å². The van der Waals surface area contributed by atoms with E-state index in [2.05, 4.69) is 57.8 Å². The number of aromatic amines is 1. The molecule has 0 aliphatic carbocycles. The van der Waals surface area contributed by atoms with E-state index in [-0.39, 0.29) is 16.4 Å². The summed E-state index contributed by atoms with van der Waals surface area (Å²) >= 11 is 12.2. The van der Waals surface area contributed by atoms with Gasteiger partial charge >= 0.3 is 0 Å². The molecule has 0 fully saturated rings. The van der Waals surface area contributed by atoms with E-state index in [1.165, 1.54) is 12.3 Å². The molecule has 0 aliphatic rings. The van der Waals surface area contributed by atoms with Crippen molar-refractivity contribution < 1.29 is 4.39 Å². The SMILES string of the molecule is N#CC(=CNc1c(Br)cc(F)c(Cl)c1Br)c1nn[nH]n1. The number of anilines is 1. The van der Waals surface area contributed by atoms with E-state index < -0.39 is 5.82 Å². The van der Waals surface area contributed by atoms with Gasteiger partial charge in [0.2, 0.25) is 5.82 Å². The molecule has 0 saturated carbocycles. The van der Waals surface area contributed by atoms with Crippen molar-refractivity contribution in [2.75, 3.05) is 5.32 Å². The fourth-order valence-corrected chi connectivity index (χ4v) is 2.71. The number of halogens is 4. The highest BCUT2D eigenvalue weighted by Gasteiger charge is 2.14. The summed E-state index contributed by atoms with van der Waals surface area (Å²) in [5.41, 5.74) is 0.616. The van der Waals surface area contributed by atoms with E-state index in [0.717, 1.165) is 0 Å². The number of benzene rings is 1. The Labute approximate surface area is 134 Å². The van der Waals surface area contributed by atoms with Gasteiger partial charge in [0.15, 0.2) is 0 Å². The van der Waals surface area contributed by atoms with E-state index in [1.807, 2.05) is 6.07 Å². The normalized spacial score (nSPS) is 11.2. The minimum atomic E-state index is -0.571. The summed E-state index contributed by atoms with van der Waals surface area (Å²) in [4.78, 5) is 0. The molecule has 1 aromatic heterocycles. The Kier molecular flexibility index (Phi) is 4.69. The Morgan fingerprint density at radius 2 is 2.30 bits per heavy atom. The number of hydrogen-bond donors (Lipinski definition) is 2. The molecule has 0 bridgehead atoms. The smallest absolute Gasteiger partial charge is 0.216 e. The summed E-state index contributed by atoms with van der Waals surface area (Å²) in [5, 5.41) is 24.8. The lowest BCUT2D eigenvalue weighted by molar-refractivity contribution is 0.627. The van der Waals surface area contributed by atoms with Crippen molar-refractivity contribution in [1.29, 1.82) is 5.26 Å². The van der Waals surface area contributed by atoms with Gasteiger partial charge in [-0.05, 0) is 43.1 Å². The Balaban J connectivity index is 2.36. The second kappa shape index (κ2) is 6.30. The number of H-pyrrole nitrogens is 1. The third-order valence-corrected chi connectivity index (χ3v) is 4.20. The molecular formula is C10H4Br2ClFN6. The number of nitrogens with one attached hydrogen (secondary N) is 2. The molecule has 20 heavy (non-hydrogen) atoms. The molecule has 6 nitrogen and oxygen atoms in total. The van der Waals surface area contributed by atoms with Crippen LogP contribution in [0.15, 0.2) is 21.2 Å². The molecule has 10 heteroatoms. The van der Waals surface area contributed by atoms with E-state index in [1.54, 1.807) is 0 Å². The van der Waals surface area contributed by atoms with Crippen LogP contribution in [0.3, 0.4) is 0 Å². The quantitative estimate of drug-likeness (QED) is 0.449. The van der Waals surface area contributed by atoms with E-state index in [9.17, 15) is 4.39 Å². The van der Waals surface area contributed by atoms with Gasteiger partial charge in [0.25, 0.3) is 0 Å². The van der Waals surface area contributed by atoms with Crippen molar-refractivity contribution in [3.8, 4) is 6.07 Å². The van der Waals surface area contributed by atoms with Crippen LogP contribution in [-0.2, 0) is 0 Å². The van der Waals surface area contributed by atoms with Crippen LogP contribution in [0.4, 0.5) is 10.1 Å². The van der Waals surface area contributed by atoms with Crippen LogP contribution in [0.1, 0.15) is 5.82 Å². The monoisotopic (exact) mass is 420 g/mol. The zero-order valence-electron chi connectivity index (χ0n) is 9.46. The third-order valence-electron chi connectivity index (χ3n) is 2.18. The molecule has 2 N–H and O–H groups in total. The molecule has 0 amide bonds. The lowest BCUT2D eigenvalue weighted by Crippen LogP contribution is -1.96. The predicted molar refractivity (Wildman–Crippen MR) is 78.2 cm³/mol. The van der Waals surface area contributed by atoms with Gasteiger partial charge < -0.3 is 5.32 Å². The molecule has 0 saturated heterocycles. The molecule has 2 aromatic rings. The molecule has 0 unspecified atom stereocenters. The second-order valence-electron chi connectivity index (χ2n) is 3.39. The molecule has 1 heterocycles. The maximum Gasteiger partial charge on any atom is 0.216 e. The average molecular weight is 422 g/mol. The number of nitriles is 1. The first-order valence-corrected chi connectivity index (χ1v) is 6.94. The Morgan fingerprint density at radius 3 is 2.90 bits per heavy atom. The highest BCUT2D eigenvalue weighted by molar-refractivity contribution is 9.11. The average Bonchev–Trinajstić information content (AvgIpc) is 2.94. The Bertz CT molecular complexity index is 710. The van der Waals surface area contributed by atoms with Crippen molar-refractivity contribution in [2.45, 2.75) is 0 Å². The highest BCUT2D eigenvalue weighted by atomic mass is 79.9. The maximum absolute atomic E-state index is 13.4. The van der Waals surface area contributed by atoms with E-state index >= 15 is 0 Å². The van der Waals surface area contributed by atoms with Crippen LogP contribution in [-0.4, -0.2) is 20.6 Å². The Morgan fingerprint density at radius 1 is 1.55 bits per heavy atom.